The highest BCUT2D eigenvalue weighted by Crippen LogP contribution is 2.31. The third kappa shape index (κ3) is 4.60. The van der Waals surface area contributed by atoms with Crippen molar-refractivity contribution in [3.63, 3.8) is 0 Å². The molecule has 0 unspecified atom stereocenters. The zero-order valence-electron chi connectivity index (χ0n) is 14.8. The molecule has 1 fully saturated rings. The SMILES string of the molecule is [NH-][C@H]1C[C@@H](C(=O)Nc2ccc(-n3ccccc3=O)cc2F)C[C@@H]1OCC(F)F. The van der Waals surface area contributed by atoms with Gasteiger partial charge in [0.1, 0.15) is 12.4 Å². The number of rotatable bonds is 6. The lowest BCUT2D eigenvalue weighted by Gasteiger charge is -2.22. The lowest BCUT2D eigenvalue weighted by molar-refractivity contribution is -0.120. The van der Waals surface area contributed by atoms with Crippen LogP contribution in [-0.4, -0.2) is 35.7 Å². The maximum atomic E-state index is 14.4. The molecule has 9 heteroatoms. The van der Waals surface area contributed by atoms with Crippen molar-refractivity contribution in [2.24, 2.45) is 5.92 Å². The number of halogens is 3. The summed E-state index contributed by atoms with van der Waals surface area (Å²) in [7, 11) is 0. The minimum absolute atomic E-state index is 0.0591. The van der Waals surface area contributed by atoms with Crippen LogP contribution in [-0.2, 0) is 9.53 Å². The van der Waals surface area contributed by atoms with Crippen LogP contribution in [0.15, 0.2) is 47.4 Å². The molecule has 1 aliphatic rings. The number of pyridine rings is 1. The Morgan fingerprint density at radius 3 is 2.75 bits per heavy atom. The van der Waals surface area contributed by atoms with Crippen LogP contribution in [0.25, 0.3) is 11.4 Å². The number of hydrogen-bond donors (Lipinski definition) is 1. The van der Waals surface area contributed by atoms with Crippen molar-refractivity contribution in [3.05, 3.63) is 64.5 Å². The van der Waals surface area contributed by atoms with Crippen molar-refractivity contribution in [2.75, 3.05) is 11.9 Å². The number of alkyl halides is 2. The van der Waals surface area contributed by atoms with Crippen molar-refractivity contribution in [3.8, 4) is 5.69 Å². The van der Waals surface area contributed by atoms with E-state index in [4.69, 9.17) is 10.5 Å². The van der Waals surface area contributed by atoms with Crippen LogP contribution >= 0.6 is 0 Å². The quantitative estimate of drug-likeness (QED) is 0.815. The lowest BCUT2D eigenvalue weighted by Crippen LogP contribution is -2.23. The monoisotopic (exact) mass is 394 g/mol. The summed E-state index contributed by atoms with van der Waals surface area (Å²) in [5.74, 6) is -1.84. The van der Waals surface area contributed by atoms with Gasteiger partial charge in [0, 0.05) is 30.4 Å². The molecule has 1 aromatic carbocycles. The molecule has 0 saturated heterocycles. The first-order valence-electron chi connectivity index (χ1n) is 8.74. The summed E-state index contributed by atoms with van der Waals surface area (Å²) >= 11 is 0. The average Bonchev–Trinajstić information content (AvgIpc) is 3.03. The third-order valence-electron chi connectivity index (χ3n) is 4.62. The third-order valence-corrected chi connectivity index (χ3v) is 4.62. The van der Waals surface area contributed by atoms with Crippen molar-refractivity contribution in [2.45, 2.75) is 31.4 Å². The fraction of sp³-hybridized carbons (Fsp3) is 0.368. The second kappa shape index (κ2) is 8.57. The molecule has 1 aliphatic carbocycles. The summed E-state index contributed by atoms with van der Waals surface area (Å²) in [6.45, 7) is -0.774. The van der Waals surface area contributed by atoms with E-state index in [-0.39, 0.29) is 24.1 Å². The normalized spacial score (nSPS) is 21.8. The number of ether oxygens (including phenoxy) is 1. The molecule has 1 saturated carbocycles. The van der Waals surface area contributed by atoms with E-state index in [9.17, 15) is 22.8 Å². The molecule has 6 nitrogen and oxygen atoms in total. The first kappa shape index (κ1) is 20.1. The van der Waals surface area contributed by atoms with Gasteiger partial charge < -0.3 is 15.8 Å². The van der Waals surface area contributed by atoms with Gasteiger partial charge in [-0.25, -0.2) is 13.2 Å². The summed E-state index contributed by atoms with van der Waals surface area (Å²) < 4.78 is 45.2. The highest BCUT2D eigenvalue weighted by molar-refractivity contribution is 5.93. The van der Waals surface area contributed by atoms with Gasteiger partial charge in [-0.1, -0.05) is 12.5 Å². The minimum atomic E-state index is -2.63. The Balaban J connectivity index is 1.66. The second-order valence-electron chi connectivity index (χ2n) is 6.60. The number of benzene rings is 1. The zero-order chi connectivity index (χ0) is 20.3. The molecule has 3 atom stereocenters. The molecule has 0 bridgehead atoms. The Bertz CT molecular complexity index is 903. The number of nitrogens with zero attached hydrogens (tertiary/aromatic N) is 1. The average molecular weight is 394 g/mol. The molecule has 1 heterocycles. The van der Waals surface area contributed by atoms with E-state index in [1.807, 2.05) is 0 Å². The van der Waals surface area contributed by atoms with Crippen LogP contribution < -0.4 is 10.9 Å². The zero-order valence-corrected chi connectivity index (χ0v) is 14.8. The highest BCUT2D eigenvalue weighted by atomic mass is 19.3. The molecule has 0 aliphatic heterocycles. The van der Waals surface area contributed by atoms with Crippen LogP contribution in [0.1, 0.15) is 12.8 Å². The smallest absolute Gasteiger partial charge is 0.261 e. The molecule has 3 rings (SSSR count). The molecule has 1 amide bonds. The number of amides is 1. The van der Waals surface area contributed by atoms with Crippen LogP contribution in [0.5, 0.6) is 0 Å². The summed E-state index contributed by atoms with van der Waals surface area (Å²) in [5.41, 5.74) is 7.80. The van der Waals surface area contributed by atoms with Gasteiger partial charge in [0.15, 0.2) is 0 Å². The number of anilines is 1. The van der Waals surface area contributed by atoms with E-state index in [0.717, 1.165) is 6.07 Å². The van der Waals surface area contributed by atoms with E-state index in [2.05, 4.69) is 5.32 Å². The molecule has 28 heavy (non-hydrogen) atoms. The second-order valence-corrected chi connectivity index (χ2v) is 6.60. The van der Waals surface area contributed by atoms with Crippen molar-refractivity contribution < 1.29 is 22.7 Å². The van der Waals surface area contributed by atoms with Crippen LogP contribution in [0.3, 0.4) is 0 Å². The first-order chi connectivity index (χ1) is 13.3. The van der Waals surface area contributed by atoms with Gasteiger partial charge in [-0.15, -0.1) is 6.04 Å². The maximum absolute atomic E-state index is 14.4. The van der Waals surface area contributed by atoms with Gasteiger partial charge in [0.05, 0.1) is 11.4 Å². The molecule has 2 N–H and O–H groups in total. The van der Waals surface area contributed by atoms with Crippen molar-refractivity contribution in [1.29, 1.82) is 0 Å². The van der Waals surface area contributed by atoms with Gasteiger partial charge in [0.25, 0.3) is 12.0 Å². The number of hydrogen-bond acceptors (Lipinski definition) is 3. The first-order valence-corrected chi connectivity index (χ1v) is 8.74. The standard InChI is InChI=1S/C19H19F3N3O3/c20-13-9-12(25-6-2-1-3-18(25)26)4-5-15(13)24-19(27)11-7-14(23)16(8-11)28-10-17(21)22/h1-6,9,11,14,16-17,23H,7-8,10H2,(H,24,27)/q-1/t11-,14+,16+/m1/s1. The molecule has 0 spiro atoms. The lowest BCUT2D eigenvalue weighted by atomic mass is 10.1. The topological polar surface area (TPSA) is 84.1 Å². The molecule has 2 aromatic rings. The molecular weight excluding hydrogens is 375 g/mol. The highest BCUT2D eigenvalue weighted by Gasteiger charge is 2.33. The molecule has 150 valence electrons. The van der Waals surface area contributed by atoms with Crippen LogP contribution in [0.2, 0.25) is 0 Å². The molecular formula is C19H19F3N3O3-. The van der Waals surface area contributed by atoms with Gasteiger partial charge >= 0.3 is 0 Å². The number of carbonyl (C=O) groups is 1. The number of carbonyl (C=O) groups excluding carboxylic acids is 1. The van der Waals surface area contributed by atoms with Crippen LogP contribution in [0.4, 0.5) is 18.9 Å². The molecule has 0 radical (unpaired) electrons. The summed E-state index contributed by atoms with van der Waals surface area (Å²) in [6, 6.07) is 7.75. The Morgan fingerprint density at radius 2 is 2.07 bits per heavy atom. The number of nitrogens with one attached hydrogen (secondary N) is 2. The maximum Gasteiger partial charge on any atom is 0.261 e. The Hall–Kier alpha value is -2.65. The predicted molar refractivity (Wildman–Crippen MR) is 97.2 cm³/mol. The fourth-order valence-electron chi connectivity index (χ4n) is 3.22. The van der Waals surface area contributed by atoms with E-state index < -0.39 is 42.8 Å². The fourth-order valence-corrected chi connectivity index (χ4v) is 3.22. The summed E-state index contributed by atoms with van der Waals surface area (Å²) in [4.78, 5) is 24.2. The number of aromatic nitrogens is 1. The Kier molecular flexibility index (Phi) is 6.15. The van der Waals surface area contributed by atoms with E-state index in [1.54, 1.807) is 12.1 Å². The summed E-state index contributed by atoms with van der Waals surface area (Å²) in [6.07, 6.45) is -1.60. The van der Waals surface area contributed by atoms with E-state index >= 15 is 0 Å². The predicted octanol–water partition coefficient (Wildman–Crippen LogP) is 3.40. The van der Waals surface area contributed by atoms with Crippen molar-refractivity contribution >= 4 is 11.6 Å². The van der Waals surface area contributed by atoms with Crippen LogP contribution in [0, 0.1) is 11.7 Å². The van der Waals surface area contributed by atoms with Gasteiger partial charge in [-0.3, -0.25) is 14.2 Å². The van der Waals surface area contributed by atoms with Gasteiger partial charge in [-0.2, -0.15) is 0 Å². The minimum Gasteiger partial charge on any atom is -0.673 e. The van der Waals surface area contributed by atoms with E-state index in [1.165, 1.54) is 29.0 Å². The Morgan fingerprint density at radius 1 is 1.29 bits per heavy atom. The van der Waals surface area contributed by atoms with Gasteiger partial charge in [-0.05, 0) is 24.6 Å². The van der Waals surface area contributed by atoms with E-state index in [0.29, 0.717) is 5.69 Å². The largest absolute Gasteiger partial charge is 0.673 e. The molecule has 1 aromatic heterocycles. The Labute approximate surface area is 159 Å². The summed E-state index contributed by atoms with van der Waals surface area (Å²) in [5, 5.41) is 2.46. The van der Waals surface area contributed by atoms with Gasteiger partial charge in [0.2, 0.25) is 5.91 Å². The van der Waals surface area contributed by atoms with Crippen molar-refractivity contribution in [1.82, 2.24) is 4.57 Å².